The van der Waals surface area contributed by atoms with Crippen LogP contribution in [0.15, 0.2) is 29.2 Å². The molecule has 1 saturated heterocycles. The first-order chi connectivity index (χ1) is 8.66. The predicted molar refractivity (Wildman–Crippen MR) is 69.1 cm³/mol. The number of hydrogen-bond donors (Lipinski definition) is 1. The average Bonchev–Trinajstić information content (AvgIpc) is 2.37. The van der Waals surface area contributed by atoms with Gasteiger partial charge in [-0.15, -0.1) is 0 Å². The molecule has 1 aliphatic rings. The summed E-state index contributed by atoms with van der Waals surface area (Å²) in [6.45, 7) is 1.86. The molecule has 0 saturated carbocycles. The minimum absolute atomic E-state index is 0.0688. The van der Waals surface area contributed by atoms with Gasteiger partial charge in [0.15, 0.2) is 0 Å². The molecule has 98 valence electrons. The Balaban J connectivity index is 1.88. The summed E-state index contributed by atoms with van der Waals surface area (Å²) >= 11 is 0. The minimum Gasteiger partial charge on any atom is -0.341 e. The Morgan fingerprint density at radius 3 is 3.00 bits per heavy atom. The van der Waals surface area contributed by atoms with Crippen molar-refractivity contribution >= 4 is 5.91 Å². The van der Waals surface area contributed by atoms with Crippen LogP contribution in [0.1, 0.15) is 19.3 Å². The van der Waals surface area contributed by atoms with Gasteiger partial charge < -0.3 is 15.2 Å². The molecule has 0 bridgehead atoms. The van der Waals surface area contributed by atoms with Crippen molar-refractivity contribution in [3.63, 3.8) is 0 Å². The fourth-order valence-electron chi connectivity index (χ4n) is 2.26. The van der Waals surface area contributed by atoms with Crippen LogP contribution in [0.3, 0.4) is 0 Å². The molecule has 2 N–H and O–H groups in total. The van der Waals surface area contributed by atoms with Crippen LogP contribution in [0.4, 0.5) is 0 Å². The molecule has 1 aliphatic heterocycles. The summed E-state index contributed by atoms with van der Waals surface area (Å²) in [6.07, 6.45) is 4.02. The zero-order chi connectivity index (χ0) is 13.0. The number of nitrogens with two attached hydrogens (primary N) is 1. The van der Waals surface area contributed by atoms with Crippen LogP contribution in [-0.4, -0.2) is 34.5 Å². The largest absolute Gasteiger partial charge is 0.341 e. The van der Waals surface area contributed by atoms with Gasteiger partial charge in [-0.25, -0.2) is 0 Å². The molecule has 1 atom stereocenters. The first-order valence-corrected chi connectivity index (χ1v) is 6.35. The Labute approximate surface area is 106 Å². The van der Waals surface area contributed by atoms with Gasteiger partial charge in [0, 0.05) is 44.4 Å². The first kappa shape index (κ1) is 12.8. The SMILES string of the molecule is NC1CCCN(C(=O)CCn2ccccc2=O)C1. The van der Waals surface area contributed by atoms with E-state index in [2.05, 4.69) is 0 Å². The van der Waals surface area contributed by atoms with Gasteiger partial charge in [0.25, 0.3) is 5.56 Å². The Kier molecular flexibility index (Phi) is 4.15. The van der Waals surface area contributed by atoms with Crippen molar-refractivity contribution in [1.82, 2.24) is 9.47 Å². The number of aromatic nitrogens is 1. The van der Waals surface area contributed by atoms with E-state index in [1.165, 1.54) is 6.07 Å². The van der Waals surface area contributed by atoms with Crippen molar-refractivity contribution in [2.45, 2.75) is 31.8 Å². The van der Waals surface area contributed by atoms with E-state index in [1.54, 1.807) is 22.9 Å². The summed E-state index contributed by atoms with van der Waals surface area (Å²) in [5.74, 6) is 0.0842. The number of nitrogens with zero attached hydrogens (tertiary/aromatic N) is 2. The fraction of sp³-hybridized carbons (Fsp3) is 0.538. The Morgan fingerprint density at radius 1 is 1.44 bits per heavy atom. The van der Waals surface area contributed by atoms with Crippen molar-refractivity contribution in [1.29, 1.82) is 0 Å². The van der Waals surface area contributed by atoms with E-state index in [9.17, 15) is 9.59 Å². The van der Waals surface area contributed by atoms with Crippen LogP contribution >= 0.6 is 0 Å². The molecular formula is C13H19N3O2. The molecule has 0 aliphatic carbocycles. The number of hydrogen-bond acceptors (Lipinski definition) is 3. The molecule has 1 aromatic heterocycles. The van der Waals surface area contributed by atoms with E-state index in [0.717, 1.165) is 19.4 Å². The molecule has 2 heterocycles. The quantitative estimate of drug-likeness (QED) is 0.831. The molecule has 2 rings (SSSR count). The molecule has 1 fully saturated rings. The molecular weight excluding hydrogens is 230 g/mol. The minimum atomic E-state index is -0.0688. The molecule has 18 heavy (non-hydrogen) atoms. The molecule has 0 spiro atoms. The van der Waals surface area contributed by atoms with Crippen molar-refractivity contribution in [2.24, 2.45) is 5.73 Å². The summed E-state index contributed by atoms with van der Waals surface area (Å²) in [5, 5.41) is 0. The summed E-state index contributed by atoms with van der Waals surface area (Å²) in [5.41, 5.74) is 5.78. The second-order valence-electron chi connectivity index (χ2n) is 4.72. The van der Waals surface area contributed by atoms with Gasteiger partial charge in [-0.2, -0.15) is 0 Å². The summed E-state index contributed by atoms with van der Waals surface area (Å²) in [6, 6.07) is 5.09. The molecule has 0 aromatic carbocycles. The van der Waals surface area contributed by atoms with Crippen LogP contribution in [-0.2, 0) is 11.3 Å². The monoisotopic (exact) mass is 249 g/mol. The number of piperidine rings is 1. The molecule has 5 heteroatoms. The van der Waals surface area contributed by atoms with Gasteiger partial charge >= 0.3 is 0 Å². The number of carbonyl (C=O) groups is 1. The number of amides is 1. The van der Waals surface area contributed by atoms with Crippen LogP contribution in [0.25, 0.3) is 0 Å². The normalized spacial score (nSPS) is 19.8. The summed E-state index contributed by atoms with van der Waals surface area (Å²) in [4.78, 5) is 25.3. The van der Waals surface area contributed by atoms with E-state index in [4.69, 9.17) is 5.73 Å². The molecule has 5 nitrogen and oxygen atoms in total. The van der Waals surface area contributed by atoms with Gasteiger partial charge in [-0.3, -0.25) is 9.59 Å². The number of likely N-dealkylation sites (tertiary alicyclic amines) is 1. The Hall–Kier alpha value is -1.62. The van der Waals surface area contributed by atoms with Gasteiger partial charge in [0.1, 0.15) is 0 Å². The van der Waals surface area contributed by atoms with E-state index in [-0.39, 0.29) is 17.5 Å². The lowest BCUT2D eigenvalue weighted by Crippen LogP contribution is -2.46. The van der Waals surface area contributed by atoms with Crippen molar-refractivity contribution in [3.05, 3.63) is 34.7 Å². The fourth-order valence-corrected chi connectivity index (χ4v) is 2.26. The topological polar surface area (TPSA) is 68.3 Å². The second-order valence-corrected chi connectivity index (χ2v) is 4.72. The zero-order valence-electron chi connectivity index (χ0n) is 10.4. The average molecular weight is 249 g/mol. The second kappa shape index (κ2) is 5.82. The van der Waals surface area contributed by atoms with E-state index in [0.29, 0.717) is 19.5 Å². The standard InChI is InChI=1S/C13H19N3O2/c14-11-4-3-8-16(10-11)13(18)6-9-15-7-2-1-5-12(15)17/h1-2,5,7,11H,3-4,6,8-10,14H2. The van der Waals surface area contributed by atoms with E-state index < -0.39 is 0 Å². The molecule has 1 unspecified atom stereocenters. The smallest absolute Gasteiger partial charge is 0.250 e. The van der Waals surface area contributed by atoms with Crippen LogP contribution < -0.4 is 11.3 Å². The van der Waals surface area contributed by atoms with Crippen LogP contribution in [0, 0.1) is 0 Å². The maximum absolute atomic E-state index is 12.0. The van der Waals surface area contributed by atoms with Crippen LogP contribution in [0.5, 0.6) is 0 Å². The molecule has 0 radical (unpaired) electrons. The third kappa shape index (κ3) is 3.20. The third-order valence-corrected chi connectivity index (χ3v) is 3.28. The van der Waals surface area contributed by atoms with Crippen molar-refractivity contribution in [2.75, 3.05) is 13.1 Å². The Bertz CT molecular complexity index is 469. The first-order valence-electron chi connectivity index (χ1n) is 6.35. The van der Waals surface area contributed by atoms with Crippen molar-refractivity contribution in [3.8, 4) is 0 Å². The highest BCUT2D eigenvalue weighted by Gasteiger charge is 2.20. The Morgan fingerprint density at radius 2 is 2.28 bits per heavy atom. The molecule has 1 aromatic rings. The third-order valence-electron chi connectivity index (χ3n) is 3.28. The van der Waals surface area contributed by atoms with Gasteiger partial charge in [0.05, 0.1) is 0 Å². The molecule has 1 amide bonds. The lowest BCUT2D eigenvalue weighted by atomic mass is 10.1. The number of aryl methyl sites for hydroxylation is 1. The summed E-state index contributed by atoms with van der Waals surface area (Å²) < 4.78 is 1.56. The number of carbonyl (C=O) groups excluding carboxylic acids is 1. The highest BCUT2D eigenvalue weighted by Crippen LogP contribution is 2.09. The van der Waals surface area contributed by atoms with Gasteiger partial charge in [-0.1, -0.05) is 6.07 Å². The number of rotatable bonds is 3. The van der Waals surface area contributed by atoms with E-state index in [1.807, 2.05) is 4.90 Å². The summed E-state index contributed by atoms with van der Waals surface area (Å²) in [7, 11) is 0. The lowest BCUT2D eigenvalue weighted by Gasteiger charge is -2.30. The van der Waals surface area contributed by atoms with Gasteiger partial charge in [0.2, 0.25) is 5.91 Å². The maximum atomic E-state index is 12.0. The van der Waals surface area contributed by atoms with Gasteiger partial charge in [-0.05, 0) is 18.9 Å². The number of pyridine rings is 1. The zero-order valence-corrected chi connectivity index (χ0v) is 10.4. The predicted octanol–water partition coefficient (Wildman–Crippen LogP) is 0.188. The maximum Gasteiger partial charge on any atom is 0.250 e. The van der Waals surface area contributed by atoms with Crippen LogP contribution in [0.2, 0.25) is 0 Å². The highest BCUT2D eigenvalue weighted by molar-refractivity contribution is 5.76. The lowest BCUT2D eigenvalue weighted by molar-refractivity contribution is -0.132. The highest BCUT2D eigenvalue weighted by atomic mass is 16.2. The van der Waals surface area contributed by atoms with Crippen molar-refractivity contribution < 1.29 is 4.79 Å². The van der Waals surface area contributed by atoms with E-state index >= 15 is 0 Å².